The van der Waals surface area contributed by atoms with Crippen molar-refractivity contribution in [3.05, 3.63) is 63.2 Å². The largest absolute Gasteiger partial charge is 0.497 e. The van der Waals surface area contributed by atoms with Crippen LogP contribution in [0.1, 0.15) is 5.56 Å². The van der Waals surface area contributed by atoms with Gasteiger partial charge in [0.2, 0.25) is 0 Å². The van der Waals surface area contributed by atoms with E-state index >= 15 is 0 Å². The molecule has 0 amide bonds. The van der Waals surface area contributed by atoms with Gasteiger partial charge in [0, 0.05) is 17.2 Å². The molecule has 0 heterocycles. The average molecular weight is 294 g/mol. The van der Waals surface area contributed by atoms with Crippen molar-refractivity contribution in [1.82, 2.24) is 0 Å². The summed E-state index contributed by atoms with van der Waals surface area (Å²) in [5, 5.41) is 11.3. The van der Waals surface area contributed by atoms with Crippen molar-refractivity contribution < 1.29 is 14.4 Å². The maximum Gasteiger partial charge on any atom is 0.311 e. The lowest BCUT2D eigenvalue weighted by molar-refractivity contribution is -0.385. The third-order valence-corrected chi connectivity index (χ3v) is 2.91. The minimum atomic E-state index is -0.500. The molecule has 0 N–H and O–H groups in total. The molecule has 2 aromatic carbocycles. The van der Waals surface area contributed by atoms with Crippen LogP contribution in [-0.4, -0.2) is 12.0 Å². The van der Waals surface area contributed by atoms with Crippen LogP contribution in [0.3, 0.4) is 0 Å². The molecule has 0 aromatic heterocycles. The third kappa shape index (κ3) is 3.39. The summed E-state index contributed by atoms with van der Waals surface area (Å²) in [5.74, 6) is 0.890. The molecule has 2 aromatic rings. The molecule has 0 atom stereocenters. The fraction of sp³-hybridized carbons (Fsp3) is 0.143. The van der Waals surface area contributed by atoms with Gasteiger partial charge in [-0.15, -0.1) is 0 Å². The molecule has 104 valence electrons. The molecule has 0 saturated carbocycles. The van der Waals surface area contributed by atoms with Crippen molar-refractivity contribution in [1.29, 1.82) is 0 Å². The summed E-state index contributed by atoms with van der Waals surface area (Å²) < 4.78 is 10.5. The van der Waals surface area contributed by atoms with Crippen molar-refractivity contribution >= 4 is 17.3 Å². The number of methoxy groups -OCH3 is 1. The molecule has 20 heavy (non-hydrogen) atoms. The van der Waals surface area contributed by atoms with Gasteiger partial charge in [0.1, 0.15) is 12.4 Å². The van der Waals surface area contributed by atoms with Crippen LogP contribution in [0.15, 0.2) is 42.5 Å². The Hall–Kier alpha value is -2.27. The summed E-state index contributed by atoms with van der Waals surface area (Å²) in [4.78, 5) is 10.4. The van der Waals surface area contributed by atoms with E-state index in [1.165, 1.54) is 18.2 Å². The van der Waals surface area contributed by atoms with Gasteiger partial charge in [-0.1, -0.05) is 23.7 Å². The van der Waals surface area contributed by atoms with Crippen LogP contribution in [-0.2, 0) is 6.61 Å². The first kappa shape index (κ1) is 14.1. The van der Waals surface area contributed by atoms with Crippen molar-refractivity contribution in [2.45, 2.75) is 6.61 Å². The van der Waals surface area contributed by atoms with E-state index < -0.39 is 4.92 Å². The first-order chi connectivity index (χ1) is 9.60. The van der Waals surface area contributed by atoms with Crippen LogP contribution in [0.5, 0.6) is 11.5 Å². The lowest BCUT2D eigenvalue weighted by Crippen LogP contribution is -1.99. The van der Waals surface area contributed by atoms with E-state index in [0.29, 0.717) is 5.02 Å². The van der Waals surface area contributed by atoms with Crippen molar-refractivity contribution in [2.75, 3.05) is 7.11 Å². The number of benzene rings is 2. The second kappa shape index (κ2) is 6.25. The molecule has 2 rings (SSSR count). The van der Waals surface area contributed by atoms with Crippen LogP contribution < -0.4 is 9.47 Å². The van der Waals surface area contributed by atoms with E-state index in [1.807, 2.05) is 12.1 Å². The average Bonchev–Trinajstić information content (AvgIpc) is 2.45. The normalized spacial score (nSPS) is 10.1. The second-order valence-corrected chi connectivity index (χ2v) is 4.44. The summed E-state index contributed by atoms with van der Waals surface area (Å²) in [6, 6.07) is 11.5. The third-order valence-electron chi connectivity index (χ3n) is 2.67. The zero-order valence-corrected chi connectivity index (χ0v) is 11.5. The van der Waals surface area contributed by atoms with Gasteiger partial charge in [0.15, 0.2) is 5.75 Å². The number of hydrogen-bond donors (Lipinski definition) is 0. The predicted octanol–water partition coefficient (Wildman–Crippen LogP) is 3.84. The van der Waals surface area contributed by atoms with E-state index in [1.54, 1.807) is 19.2 Å². The molecule has 0 spiro atoms. The van der Waals surface area contributed by atoms with Crippen LogP contribution >= 0.6 is 11.6 Å². The van der Waals surface area contributed by atoms with Crippen molar-refractivity contribution in [2.24, 2.45) is 0 Å². The zero-order valence-electron chi connectivity index (χ0n) is 10.7. The van der Waals surface area contributed by atoms with Gasteiger partial charge in [0.25, 0.3) is 0 Å². The number of rotatable bonds is 5. The highest BCUT2D eigenvalue weighted by Gasteiger charge is 2.15. The number of halogens is 1. The lowest BCUT2D eigenvalue weighted by atomic mass is 10.2. The maximum absolute atomic E-state index is 10.9. The molecular weight excluding hydrogens is 282 g/mol. The van der Waals surface area contributed by atoms with Crippen molar-refractivity contribution in [3.8, 4) is 11.5 Å². The highest BCUT2D eigenvalue weighted by Crippen LogP contribution is 2.30. The van der Waals surface area contributed by atoms with E-state index in [2.05, 4.69) is 0 Å². The number of nitro benzene ring substituents is 1. The first-order valence-electron chi connectivity index (χ1n) is 5.80. The number of nitrogens with zero attached hydrogens (tertiary/aromatic N) is 1. The smallest absolute Gasteiger partial charge is 0.311 e. The topological polar surface area (TPSA) is 61.6 Å². The molecule has 6 heteroatoms. The Morgan fingerprint density at radius 2 is 1.90 bits per heavy atom. The molecule has 5 nitrogen and oxygen atoms in total. The van der Waals surface area contributed by atoms with Gasteiger partial charge in [0.05, 0.1) is 12.0 Å². The molecule has 0 bridgehead atoms. The quantitative estimate of drug-likeness (QED) is 0.621. The van der Waals surface area contributed by atoms with Crippen LogP contribution in [0, 0.1) is 10.1 Å². The van der Waals surface area contributed by atoms with Gasteiger partial charge in [-0.25, -0.2) is 0 Å². The van der Waals surface area contributed by atoms with Gasteiger partial charge < -0.3 is 9.47 Å². The van der Waals surface area contributed by atoms with Crippen LogP contribution in [0.2, 0.25) is 5.02 Å². The Kier molecular flexibility index (Phi) is 4.42. The lowest BCUT2D eigenvalue weighted by Gasteiger charge is -2.08. The summed E-state index contributed by atoms with van der Waals surface area (Å²) in [7, 11) is 1.58. The molecule has 0 saturated heterocycles. The number of hydrogen-bond acceptors (Lipinski definition) is 4. The fourth-order valence-corrected chi connectivity index (χ4v) is 1.80. The Labute approximate surface area is 120 Å². The zero-order chi connectivity index (χ0) is 14.5. The number of nitro groups is 1. The van der Waals surface area contributed by atoms with Crippen LogP contribution in [0.25, 0.3) is 0 Å². The predicted molar refractivity (Wildman–Crippen MR) is 75.4 cm³/mol. The van der Waals surface area contributed by atoms with E-state index in [4.69, 9.17) is 21.1 Å². The summed E-state index contributed by atoms with van der Waals surface area (Å²) >= 11 is 5.82. The Bertz CT molecular complexity index is 613. The second-order valence-electron chi connectivity index (χ2n) is 4.01. The monoisotopic (exact) mass is 293 g/mol. The van der Waals surface area contributed by atoms with Crippen molar-refractivity contribution in [3.63, 3.8) is 0 Å². The number of ether oxygens (including phenoxy) is 2. The Morgan fingerprint density at radius 3 is 2.50 bits per heavy atom. The SMILES string of the molecule is COc1ccc(COc2cc(Cl)ccc2[N+](=O)[O-])cc1. The Morgan fingerprint density at radius 1 is 1.20 bits per heavy atom. The van der Waals surface area contributed by atoms with E-state index in [9.17, 15) is 10.1 Å². The van der Waals surface area contributed by atoms with Gasteiger partial charge in [-0.05, 0) is 23.8 Å². The highest BCUT2D eigenvalue weighted by molar-refractivity contribution is 6.30. The molecule has 0 unspecified atom stereocenters. The van der Waals surface area contributed by atoms with Gasteiger partial charge in [-0.2, -0.15) is 0 Å². The van der Waals surface area contributed by atoms with E-state index in [0.717, 1.165) is 11.3 Å². The van der Waals surface area contributed by atoms with Crippen LogP contribution in [0.4, 0.5) is 5.69 Å². The van der Waals surface area contributed by atoms with Gasteiger partial charge >= 0.3 is 5.69 Å². The van der Waals surface area contributed by atoms with Gasteiger partial charge in [-0.3, -0.25) is 10.1 Å². The summed E-state index contributed by atoms with van der Waals surface area (Å²) in [6.07, 6.45) is 0. The fourth-order valence-electron chi connectivity index (χ4n) is 1.64. The maximum atomic E-state index is 10.9. The molecule has 0 aliphatic carbocycles. The standard InChI is InChI=1S/C14H12ClNO4/c1-19-12-5-2-10(3-6-12)9-20-14-8-11(15)4-7-13(14)16(17)18/h2-8H,9H2,1H3. The molecule has 0 radical (unpaired) electrons. The molecule has 0 fully saturated rings. The minimum Gasteiger partial charge on any atom is -0.497 e. The Balaban J connectivity index is 2.13. The molecule has 0 aliphatic rings. The minimum absolute atomic E-state index is 0.108. The summed E-state index contributed by atoms with van der Waals surface area (Å²) in [5.41, 5.74) is 0.767. The molecular formula is C14H12ClNO4. The first-order valence-corrected chi connectivity index (χ1v) is 6.17. The highest BCUT2D eigenvalue weighted by atomic mass is 35.5. The summed E-state index contributed by atoms with van der Waals surface area (Å²) in [6.45, 7) is 0.213. The molecule has 0 aliphatic heterocycles. The van der Waals surface area contributed by atoms with E-state index in [-0.39, 0.29) is 18.0 Å².